The van der Waals surface area contributed by atoms with Crippen molar-refractivity contribution in [3.8, 4) is 5.69 Å². The number of urea groups is 1. The number of nitrogens with zero attached hydrogens (tertiary/aromatic N) is 3. The SMILES string of the molecule is Cc1nn(-c2ccccc2)cc1CCCNC(=O)N(C)CC(F)F. The Balaban J connectivity index is 1.81. The van der Waals surface area contributed by atoms with Crippen LogP contribution in [0.5, 0.6) is 0 Å². The summed E-state index contributed by atoms with van der Waals surface area (Å²) in [4.78, 5) is 12.6. The summed E-state index contributed by atoms with van der Waals surface area (Å²) in [5.41, 5.74) is 3.04. The van der Waals surface area contributed by atoms with E-state index in [-0.39, 0.29) is 0 Å². The van der Waals surface area contributed by atoms with Crippen molar-refractivity contribution in [2.75, 3.05) is 20.1 Å². The van der Waals surface area contributed by atoms with E-state index in [9.17, 15) is 13.6 Å². The van der Waals surface area contributed by atoms with Crippen molar-refractivity contribution >= 4 is 6.03 Å². The number of alkyl halides is 2. The maximum absolute atomic E-state index is 12.2. The normalized spacial score (nSPS) is 10.9. The minimum Gasteiger partial charge on any atom is -0.338 e. The molecule has 1 heterocycles. The molecule has 0 atom stereocenters. The molecule has 0 aliphatic rings. The minimum atomic E-state index is -2.52. The van der Waals surface area contributed by atoms with Crippen LogP contribution in [0.1, 0.15) is 17.7 Å². The lowest BCUT2D eigenvalue weighted by atomic mass is 10.1. The van der Waals surface area contributed by atoms with Crippen LogP contribution in [0.25, 0.3) is 5.69 Å². The Bertz CT molecular complexity index is 658. The highest BCUT2D eigenvalue weighted by molar-refractivity contribution is 5.73. The number of hydrogen-bond donors (Lipinski definition) is 1. The molecule has 2 rings (SSSR count). The number of rotatable bonds is 7. The number of aromatic nitrogens is 2. The average Bonchev–Trinajstić information content (AvgIpc) is 2.92. The molecular weight excluding hydrogens is 314 g/mol. The molecule has 1 N–H and O–H groups in total. The zero-order valence-electron chi connectivity index (χ0n) is 13.9. The Morgan fingerprint density at radius 3 is 2.71 bits per heavy atom. The van der Waals surface area contributed by atoms with E-state index < -0.39 is 19.0 Å². The number of carbonyl (C=O) groups is 1. The van der Waals surface area contributed by atoms with Crippen LogP contribution >= 0.6 is 0 Å². The first-order valence-electron chi connectivity index (χ1n) is 7.85. The molecule has 1 aromatic heterocycles. The number of para-hydroxylation sites is 1. The lowest BCUT2D eigenvalue weighted by Gasteiger charge is -2.17. The zero-order chi connectivity index (χ0) is 17.5. The highest BCUT2D eigenvalue weighted by atomic mass is 19.3. The van der Waals surface area contributed by atoms with Crippen molar-refractivity contribution in [1.82, 2.24) is 20.0 Å². The number of halogens is 2. The minimum absolute atomic E-state index is 0.433. The Kier molecular flexibility index (Phi) is 6.28. The molecule has 5 nitrogen and oxygen atoms in total. The quantitative estimate of drug-likeness (QED) is 0.790. The standard InChI is InChI=1S/C17H22F2N4O/c1-13-14(11-23(21-13)15-8-4-3-5-9-15)7-6-10-20-17(24)22(2)12-16(18)19/h3-5,8-9,11,16H,6-7,10,12H2,1-2H3,(H,20,24). The molecule has 1 aromatic carbocycles. The Morgan fingerprint density at radius 2 is 2.04 bits per heavy atom. The summed E-state index contributed by atoms with van der Waals surface area (Å²) < 4.78 is 26.3. The van der Waals surface area contributed by atoms with Crippen LogP contribution in [-0.2, 0) is 6.42 Å². The van der Waals surface area contributed by atoms with Crippen LogP contribution in [0, 0.1) is 6.92 Å². The third-order valence-electron chi connectivity index (χ3n) is 3.68. The molecule has 0 spiro atoms. The largest absolute Gasteiger partial charge is 0.338 e. The smallest absolute Gasteiger partial charge is 0.317 e. The van der Waals surface area contributed by atoms with Gasteiger partial charge in [0.25, 0.3) is 6.43 Å². The topological polar surface area (TPSA) is 50.2 Å². The van der Waals surface area contributed by atoms with E-state index in [1.165, 1.54) is 7.05 Å². The molecule has 0 radical (unpaired) electrons. The molecule has 0 fully saturated rings. The molecule has 0 saturated carbocycles. The molecule has 0 aliphatic heterocycles. The first-order valence-corrected chi connectivity index (χ1v) is 7.85. The van der Waals surface area contributed by atoms with Crippen LogP contribution < -0.4 is 5.32 Å². The number of carbonyl (C=O) groups excluding carboxylic acids is 1. The van der Waals surface area contributed by atoms with Crippen LogP contribution in [0.4, 0.5) is 13.6 Å². The van der Waals surface area contributed by atoms with Gasteiger partial charge in [0.2, 0.25) is 0 Å². The summed E-state index contributed by atoms with van der Waals surface area (Å²) in [5.74, 6) is 0. The molecule has 24 heavy (non-hydrogen) atoms. The van der Waals surface area contributed by atoms with Crippen molar-refractivity contribution < 1.29 is 13.6 Å². The number of benzene rings is 1. The molecule has 7 heteroatoms. The first-order chi connectivity index (χ1) is 11.5. The Morgan fingerprint density at radius 1 is 1.33 bits per heavy atom. The van der Waals surface area contributed by atoms with Crippen LogP contribution in [0.15, 0.2) is 36.5 Å². The third-order valence-corrected chi connectivity index (χ3v) is 3.68. The average molecular weight is 336 g/mol. The maximum atomic E-state index is 12.2. The highest BCUT2D eigenvalue weighted by Gasteiger charge is 2.13. The monoisotopic (exact) mass is 336 g/mol. The van der Waals surface area contributed by atoms with Crippen LogP contribution in [0.2, 0.25) is 0 Å². The van der Waals surface area contributed by atoms with Crippen molar-refractivity contribution in [3.63, 3.8) is 0 Å². The van der Waals surface area contributed by atoms with Gasteiger partial charge in [-0.25, -0.2) is 18.3 Å². The van der Waals surface area contributed by atoms with E-state index in [2.05, 4.69) is 10.4 Å². The molecule has 0 aliphatic carbocycles. The Hall–Kier alpha value is -2.44. The van der Waals surface area contributed by atoms with Crippen molar-refractivity contribution in [2.45, 2.75) is 26.2 Å². The molecule has 0 unspecified atom stereocenters. The fourth-order valence-corrected chi connectivity index (χ4v) is 2.35. The van der Waals surface area contributed by atoms with Gasteiger partial charge in [-0.15, -0.1) is 0 Å². The third kappa shape index (κ3) is 5.04. The summed E-state index contributed by atoms with van der Waals surface area (Å²) in [6.07, 6.45) is 0.940. The first kappa shape index (κ1) is 17.9. The number of amides is 2. The lowest BCUT2D eigenvalue weighted by Crippen LogP contribution is -2.40. The molecule has 130 valence electrons. The van der Waals surface area contributed by atoms with E-state index in [1.807, 2.05) is 48.1 Å². The van der Waals surface area contributed by atoms with Crippen molar-refractivity contribution in [3.05, 3.63) is 47.8 Å². The Labute approximate surface area is 140 Å². The molecule has 2 amide bonds. The predicted molar refractivity (Wildman–Crippen MR) is 88.7 cm³/mol. The fraction of sp³-hybridized carbons (Fsp3) is 0.412. The van der Waals surface area contributed by atoms with Gasteiger partial charge in [-0.3, -0.25) is 0 Å². The van der Waals surface area contributed by atoms with Gasteiger partial charge in [0.15, 0.2) is 0 Å². The van der Waals surface area contributed by atoms with Crippen LogP contribution in [-0.4, -0.2) is 47.3 Å². The van der Waals surface area contributed by atoms with Gasteiger partial charge in [0.1, 0.15) is 0 Å². The van der Waals surface area contributed by atoms with Gasteiger partial charge in [0.05, 0.1) is 17.9 Å². The lowest BCUT2D eigenvalue weighted by molar-refractivity contribution is 0.108. The summed E-state index contributed by atoms with van der Waals surface area (Å²) in [6, 6.07) is 9.35. The number of aryl methyl sites for hydroxylation is 2. The van der Waals surface area contributed by atoms with Gasteiger partial charge < -0.3 is 10.2 Å². The second kappa shape index (κ2) is 8.42. The number of hydrogen-bond acceptors (Lipinski definition) is 2. The molecule has 0 bridgehead atoms. The predicted octanol–water partition coefficient (Wildman–Crippen LogP) is 3.02. The van der Waals surface area contributed by atoms with Gasteiger partial charge >= 0.3 is 6.03 Å². The second-order valence-electron chi connectivity index (χ2n) is 5.63. The van der Waals surface area contributed by atoms with Crippen LogP contribution in [0.3, 0.4) is 0 Å². The maximum Gasteiger partial charge on any atom is 0.317 e. The molecule has 2 aromatic rings. The van der Waals surface area contributed by atoms with E-state index in [1.54, 1.807) is 0 Å². The molecular formula is C17H22F2N4O. The van der Waals surface area contributed by atoms with Crippen molar-refractivity contribution in [1.29, 1.82) is 0 Å². The summed E-state index contributed by atoms with van der Waals surface area (Å²) >= 11 is 0. The number of nitrogens with one attached hydrogen (secondary N) is 1. The second-order valence-corrected chi connectivity index (χ2v) is 5.63. The van der Waals surface area contributed by atoms with Crippen molar-refractivity contribution in [2.24, 2.45) is 0 Å². The van der Waals surface area contributed by atoms with Gasteiger partial charge in [0, 0.05) is 19.8 Å². The van der Waals surface area contributed by atoms with E-state index >= 15 is 0 Å². The summed E-state index contributed by atoms with van der Waals surface area (Å²) in [6.45, 7) is 1.82. The fourth-order valence-electron chi connectivity index (χ4n) is 2.35. The van der Waals surface area contributed by atoms with E-state index in [0.717, 1.165) is 34.7 Å². The highest BCUT2D eigenvalue weighted by Crippen LogP contribution is 2.13. The summed E-state index contributed by atoms with van der Waals surface area (Å²) in [7, 11) is 1.36. The summed E-state index contributed by atoms with van der Waals surface area (Å²) in [5, 5.41) is 7.14. The van der Waals surface area contributed by atoms with Gasteiger partial charge in [-0.05, 0) is 37.5 Å². The van der Waals surface area contributed by atoms with Gasteiger partial charge in [-0.2, -0.15) is 5.10 Å². The zero-order valence-corrected chi connectivity index (χ0v) is 13.9. The molecule has 0 saturated heterocycles. The van der Waals surface area contributed by atoms with E-state index in [4.69, 9.17) is 0 Å². The van der Waals surface area contributed by atoms with Gasteiger partial charge in [-0.1, -0.05) is 18.2 Å². The van der Waals surface area contributed by atoms with E-state index in [0.29, 0.717) is 6.54 Å².